The van der Waals surface area contributed by atoms with Crippen LogP contribution in [-0.4, -0.2) is 32.1 Å². The monoisotopic (exact) mass is 339 g/mol. The Morgan fingerprint density at radius 2 is 2.15 bits per heavy atom. The summed E-state index contributed by atoms with van der Waals surface area (Å²) >= 11 is 3.45. The quantitative estimate of drug-likeness (QED) is 0.834. The Kier molecular flexibility index (Phi) is 5.86. The van der Waals surface area contributed by atoms with Crippen LogP contribution >= 0.6 is 15.9 Å². The Balaban J connectivity index is 1.75. The minimum absolute atomic E-state index is 0.123. The van der Waals surface area contributed by atoms with E-state index in [2.05, 4.69) is 50.4 Å². The maximum absolute atomic E-state index is 11.6. The molecular weight excluding hydrogens is 318 g/mol. The van der Waals surface area contributed by atoms with Gasteiger partial charge in [0.15, 0.2) is 0 Å². The Morgan fingerprint density at radius 1 is 1.40 bits per heavy atom. The Morgan fingerprint density at radius 3 is 2.85 bits per heavy atom. The van der Waals surface area contributed by atoms with Gasteiger partial charge < -0.3 is 16.0 Å². The SMILES string of the molecule is NCCCC(=O)NCC1CCN(c2ccc(Br)cc2)C1. The topological polar surface area (TPSA) is 58.4 Å². The van der Waals surface area contributed by atoms with Gasteiger partial charge in [-0.15, -0.1) is 0 Å². The van der Waals surface area contributed by atoms with Crippen LogP contribution in [0.4, 0.5) is 5.69 Å². The van der Waals surface area contributed by atoms with E-state index in [1.807, 2.05) is 0 Å². The summed E-state index contributed by atoms with van der Waals surface area (Å²) in [5.74, 6) is 0.665. The van der Waals surface area contributed by atoms with Crippen molar-refractivity contribution in [3.63, 3.8) is 0 Å². The van der Waals surface area contributed by atoms with Gasteiger partial charge in [-0.1, -0.05) is 15.9 Å². The summed E-state index contributed by atoms with van der Waals surface area (Å²) < 4.78 is 1.10. The number of nitrogens with two attached hydrogens (primary N) is 1. The zero-order valence-corrected chi connectivity index (χ0v) is 13.2. The fourth-order valence-corrected chi connectivity index (χ4v) is 2.76. The van der Waals surface area contributed by atoms with E-state index in [0.717, 1.165) is 36.9 Å². The molecule has 1 heterocycles. The highest BCUT2D eigenvalue weighted by molar-refractivity contribution is 9.10. The van der Waals surface area contributed by atoms with Gasteiger partial charge in [-0.25, -0.2) is 0 Å². The normalized spacial score (nSPS) is 18.3. The number of anilines is 1. The molecule has 3 N–H and O–H groups in total. The lowest BCUT2D eigenvalue weighted by Gasteiger charge is -2.19. The number of hydrogen-bond donors (Lipinski definition) is 2. The van der Waals surface area contributed by atoms with Crippen LogP contribution in [0.3, 0.4) is 0 Å². The van der Waals surface area contributed by atoms with Crippen molar-refractivity contribution in [2.24, 2.45) is 11.7 Å². The second-order valence-electron chi connectivity index (χ2n) is 5.27. The zero-order chi connectivity index (χ0) is 14.4. The average Bonchev–Trinajstić information content (AvgIpc) is 2.92. The Hall–Kier alpha value is -1.07. The highest BCUT2D eigenvalue weighted by Gasteiger charge is 2.22. The highest BCUT2D eigenvalue weighted by atomic mass is 79.9. The highest BCUT2D eigenvalue weighted by Crippen LogP contribution is 2.24. The van der Waals surface area contributed by atoms with E-state index in [0.29, 0.717) is 18.9 Å². The number of halogens is 1. The summed E-state index contributed by atoms with van der Waals surface area (Å²) in [7, 11) is 0. The molecule has 4 nitrogen and oxygen atoms in total. The lowest BCUT2D eigenvalue weighted by molar-refractivity contribution is -0.121. The van der Waals surface area contributed by atoms with Gasteiger partial charge in [-0.3, -0.25) is 4.79 Å². The first-order valence-corrected chi connectivity index (χ1v) is 7.95. The summed E-state index contributed by atoms with van der Waals surface area (Å²) in [6.07, 6.45) is 2.44. The molecule has 110 valence electrons. The summed E-state index contributed by atoms with van der Waals surface area (Å²) in [4.78, 5) is 13.9. The molecular formula is C15H22BrN3O. The average molecular weight is 340 g/mol. The number of amides is 1. The number of carbonyl (C=O) groups is 1. The van der Waals surface area contributed by atoms with Crippen LogP contribution < -0.4 is 16.0 Å². The number of benzene rings is 1. The standard InChI is InChI=1S/C15H22BrN3O/c16-13-3-5-14(6-4-13)19-9-7-12(11-19)10-18-15(20)2-1-8-17/h3-6,12H,1-2,7-11,17H2,(H,18,20). The number of hydrogen-bond acceptors (Lipinski definition) is 3. The molecule has 1 aliphatic rings. The molecule has 1 atom stereocenters. The van der Waals surface area contributed by atoms with E-state index in [9.17, 15) is 4.79 Å². The van der Waals surface area contributed by atoms with Gasteiger partial charge in [0.2, 0.25) is 5.91 Å². The van der Waals surface area contributed by atoms with E-state index in [1.54, 1.807) is 0 Å². The first kappa shape index (κ1) is 15.3. The molecule has 0 aromatic heterocycles. The molecule has 1 aromatic carbocycles. The Bertz CT molecular complexity index is 435. The molecule has 0 bridgehead atoms. The van der Waals surface area contributed by atoms with E-state index < -0.39 is 0 Å². The Labute approximate surface area is 128 Å². The van der Waals surface area contributed by atoms with Gasteiger partial charge in [-0.2, -0.15) is 0 Å². The maximum Gasteiger partial charge on any atom is 0.220 e. The van der Waals surface area contributed by atoms with Crippen molar-refractivity contribution in [3.8, 4) is 0 Å². The minimum Gasteiger partial charge on any atom is -0.371 e. The van der Waals surface area contributed by atoms with Crippen molar-refractivity contribution >= 4 is 27.5 Å². The fourth-order valence-electron chi connectivity index (χ4n) is 2.49. The molecule has 2 rings (SSSR count). The third-order valence-electron chi connectivity index (χ3n) is 3.67. The van der Waals surface area contributed by atoms with Gasteiger partial charge in [0.05, 0.1) is 0 Å². The molecule has 1 amide bonds. The fraction of sp³-hybridized carbons (Fsp3) is 0.533. The largest absolute Gasteiger partial charge is 0.371 e. The van der Waals surface area contributed by atoms with Crippen LogP contribution in [0, 0.1) is 5.92 Å². The van der Waals surface area contributed by atoms with Gasteiger partial charge >= 0.3 is 0 Å². The summed E-state index contributed by atoms with van der Waals surface area (Å²) in [5.41, 5.74) is 6.65. The van der Waals surface area contributed by atoms with E-state index in [1.165, 1.54) is 5.69 Å². The second-order valence-corrected chi connectivity index (χ2v) is 6.19. The van der Waals surface area contributed by atoms with Gasteiger partial charge in [0.1, 0.15) is 0 Å². The first-order chi connectivity index (χ1) is 9.69. The number of rotatable bonds is 6. The summed E-state index contributed by atoms with van der Waals surface area (Å²) in [5, 5.41) is 3.01. The van der Waals surface area contributed by atoms with Crippen molar-refractivity contribution < 1.29 is 4.79 Å². The second kappa shape index (κ2) is 7.64. The third-order valence-corrected chi connectivity index (χ3v) is 4.20. The molecule has 5 heteroatoms. The molecule has 1 saturated heterocycles. The minimum atomic E-state index is 0.123. The summed E-state index contributed by atoms with van der Waals surface area (Å²) in [6, 6.07) is 8.40. The van der Waals surface area contributed by atoms with Crippen LogP contribution in [0.1, 0.15) is 19.3 Å². The lowest BCUT2D eigenvalue weighted by atomic mass is 10.1. The third kappa shape index (κ3) is 4.49. The lowest BCUT2D eigenvalue weighted by Crippen LogP contribution is -2.31. The molecule has 1 aliphatic heterocycles. The van der Waals surface area contributed by atoms with E-state index in [4.69, 9.17) is 5.73 Å². The van der Waals surface area contributed by atoms with E-state index >= 15 is 0 Å². The zero-order valence-electron chi connectivity index (χ0n) is 11.6. The van der Waals surface area contributed by atoms with Gasteiger partial charge in [0.25, 0.3) is 0 Å². The first-order valence-electron chi connectivity index (χ1n) is 7.16. The number of carbonyl (C=O) groups excluding carboxylic acids is 1. The maximum atomic E-state index is 11.6. The van der Waals surface area contributed by atoms with Crippen LogP contribution in [0.25, 0.3) is 0 Å². The van der Waals surface area contributed by atoms with Crippen LogP contribution in [-0.2, 0) is 4.79 Å². The molecule has 20 heavy (non-hydrogen) atoms. The number of nitrogens with zero attached hydrogens (tertiary/aromatic N) is 1. The van der Waals surface area contributed by atoms with Crippen molar-refractivity contribution in [3.05, 3.63) is 28.7 Å². The summed E-state index contributed by atoms with van der Waals surface area (Å²) in [6.45, 7) is 3.42. The van der Waals surface area contributed by atoms with E-state index in [-0.39, 0.29) is 5.91 Å². The van der Waals surface area contributed by atoms with Crippen molar-refractivity contribution in [2.45, 2.75) is 19.3 Å². The van der Waals surface area contributed by atoms with Gasteiger partial charge in [0, 0.05) is 36.2 Å². The molecule has 1 aromatic rings. The predicted molar refractivity (Wildman–Crippen MR) is 85.8 cm³/mol. The van der Waals surface area contributed by atoms with Gasteiger partial charge in [-0.05, 0) is 49.6 Å². The smallest absolute Gasteiger partial charge is 0.220 e. The van der Waals surface area contributed by atoms with Crippen molar-refractivity contribution in [1.82, 2.24) is 5.32 Å². The van der Waals surface area contributed by atoms with Crippen LogP contribution in [0.5, 0.6) is 0 Å². The molecule has 0 saturated carbocycles. The molecule has 0 aliphatic carbocycles. The molecule has 0 radical (unpaired) electrons. The molecule has 1 unspecified atom stereocenters. The molecule has 0 spiro atoms. The van der Waals surface area contributed by atoms with Crippen molar-refractivity contribution in [2.75, 3.05) is 31.1 Å². The van der Waals surface area contributed by atoms with Crippen molar-refractivity contribution in [1.29, 1.82) is 0 Å². The number of nitrogens with one attached hydrogen (secondary N) is 1. The van der Waals surface area contributed by atoms with Crippen LogP contribution in [0.15, 0.2) is 28.7 Å². The van der Waals surface area contributed by atoms with Crippen LogP contribution in [0.2, 0.25) is 0 Å². The predicted octanol–water partition coefficient (Wildman–Crippen LogP) is 2.13. The molecule has 1 fully saturated rings.